The van der Waals surface area contributed by atoms with E-state index in [1.165, 1.54) is 3.97 Å². The number of ether oxygens (including phenoxy) is 1. The summed E-state index contributed by atoms with van der Waals surface area (Å²) in [6.45, 7) is 16.5. The van der Waals surface area contributed by atoms with Crippen LogP contribution in [-0.2, 0) is 19.3 Å². The first-order valence-electron chi connectivity index (χ1n) is 12.1. The molecule has 2 aromatic heterocycles. The Bertz CT molecular complexity index is 1330. The zero-order valence-corrected chi connectivity index (χ0v) is 22.7. The van der Waals surface area contributed by atoms with Crippen LogP contribution in [0.3, 0.4) is 0 Å². The summed E-state index contributed by atoms with van der Waals surface area (Å²) in [5, 5.41) is 0.677. The van der Waals surface area contributed by atoms with Crippen LogP contribution in [0.25, 0.3) is 11.0 Å². The lowest BCUT2D eigenvalue weighted by atomic mass is 9.78. The largest absolute Gasteiger partial charge is 0.500 e. The molecule has 0 bridgehead atoms. The first-order chi connectivity index (χ1) is 16.3. The van der Waals surface area contributed by atoms with Crippen LogP contribution in [0.2, 0.25) is 0 Å². The van der Waals surface area contributed by atoms with Crippen molar-refractivity contribution in [2.24, 2.45) is 0 Å². The lowest BCUT2D eigenvalue weighted by Gasteiger charge is -2.32. The van der Waals surface area contributed by atoms with Crippen LogP contribution >= 0.6 is 0 Å². The second kappa shape index (κ2) is 8.94. The molecule has 0 spiro atoms. The highest BCUT2D eigenvalue weighted by Gasteiger charge is 2.53. The third-order valence-electron chi connectivity index (χ3n) is 6.95. The van der Waals surface area contributed by atoms with Crippen molar-refractivity contribution in [2.75, 3.05) is 6.61 Å². The van der Waals surface area contributed by atoms with Crippen LogP contribution in [-0.4, -0.2) is 42.3 Å². The Morgan fingerprint density at radius 2 is 1.69 bits per heavy atom. The van der Waals surface area contributed by atoms with Gasteiger partial charge in [-0.3, -0.25) is 0 Å². The van der Waals surface area contributed by atoms with E-state index in [0.29, 0.717) is 28.9 Å². The Labute approximate surface area is 209 Å². The second-order valence-electron chi connectivity index (χ2n) is 10.5. The number of nitrogens with zero attached hydrogens (tertiary/aromatic N) is 2. The van der Waals surface area contributed by atoms with Gasteiger partial charge >= 0.3 is 7.12 Å². The highest BCUT2D eigenvalue weighted by atomic mass is 32.2. The second-order valence-corrected chi connectivity index (χ2v) is 12.3. The van der Waals surface area contributed by atoms with E-state index in [2.05, 4.69) is 4.98 Å². The Balaban J connectivity index is 1.96. The summed E-state index contributed by atoms with van der Waals surface area (Å²) < 4.78 is 47.5. The standard InChI is InChI=1S/C26H35BN2O5S/c1-9-14-32-23-21(27-33-25(5,6)26(7,8)34-27)15-28-24-22(23)20(17(2)3)16-29(24)35(30,31)19-12-10-18(4)11-13-19/h10-13,15-17H,9,14H2,1-8H3. The van der Waals surface area contributed by atoms with Gasteiger partial charge in [0.1, 0.15) is 5.75 Å². The van der Waals surface area contributed by atoms with Crippen molar-refractivity contribution in [1.29, 1.82) is 0 Å². The van der Waals surface area contributed by atoms with Gasteiger partial charge in [0.05, 0.1) is 28.1 Å². The Morgan fingerprint density at radius 3 is 2.23 bits per heavy atom. The van der Waals surface area contributed by atoms with Gasteiger partial charge < -0.3 is 14.0 Å². The van der Waals surface area contributed by atoms with Crippen molar-refractivity contribution < 1.29 is 22.5 Å². The SMILES string of the molecule is CCCOc1c(B2OC(C)(C)C(C)(C)O2)cnc2c1c(C(C)C)cn2S(=O)(=O)c1ccc(C)cc1. The number of aryl methyl sites for hydroxylation is 1. The summed E-state index contributed by atoms with van der Waals surface area (Å²) in [7, 11) is -4.55. The van der Waals surface area contributed by atoms with Crippen LogP contribution < -0.4 is 10.2 Å². The van der Waals surface area contributed by atoms with Gasteiger partial charge in [0, 0.05) is 17.9 Å². The summed E-state index contributed by atoms with van der Waals surface area (Å²) >= 11 is 0. The zero-order chi connectivity index (χ0) is 25.8. The maximum Gasteiger partial charge on any atom is 0.500 e. The molecule has 1 saturated heterocycles. The molecule has 0 N–H and O–H groups in total. The summed E-state index contributed by atoms with van der Waals surface area (Å²) in [5.41, 5.74) is 1.77. The van der Waals surface area contributed by atoms with E-state index in [0.717, 1.165) is 17.5 Å². The molecule has 0 unspecified atom stereocenters. The van der Waals surface area contributed by atoms with Crippen LogP contribution in [0.1, 0.15) is 71.9 Å². The average Bonchev–Trinajstić information content (AvgIpc) is 3.27. The van der Waals surface area contributed by atoms with Crippen molar-refractivity contribution in [3.05, 3.63) is 47.8 Å². The molecule has 0 atom stereocenters. The zero-order valence-electron chi connectivity index (χ0n) is 21.9. The fraction of sp³-hybridized carbons (Fsp3) is 0.500. The highest BCUT2D eigenvalue weighted by Crippen LogP contribution is 2.40. The van der Waals surface area contributed by atoms with Crippen molar-refractivity contribution >= 4 is 33.6 Å². The fourth-order valence-electron chi connectivity index (χ4n) is 4.12. The van der Waals surface area contributed by atoms with Gasteiger partial charge in [0.15, 0.2) is 5.65 Å². The predicted molar refractivity (Wildman–Crippen MR) is 139 cm³/mol. The predicted octanol–water partition coefficient (Wildman–Crippen LogP) is 4.79. The number of pyridine rings is 1. The summed E-state index contributed by atoms with van der Waals surface area (Å²) in [5.74, 6) is 0.600. The molecule has 0 amide bonds. The molecule has 7 nitrogen and oxygen atoms in total. The lowest BCUT2D eigenvalue weighted by Crippen LogP contribution is -2.41. The molecule has 3 heterocycles. The first-order valence-corrected chi connectivity index (χ1v) is 13.6. The molecule has 1 aromatic carbocycles. The molecule has 0 radical (unpaired) electrons. The van der Waals surface area contributed by atoms with Gasteiger partial charge in [0.25, 0.3) is 10.0 Å². The Hall–Kier alpha value is -2.36. The van der Waals surface area contributed by atoms with Gasteiger partial charge in [-0.05, 0) is 64.7 Å². The van der Waals surface area contributed by atoms with Crippen molar-refractivity contribution in [1.82, 2.24) is 8.96 Å². The summed E-state index contributed by atoms with van der Waals surface area (Å²) in [4.78, 5) is 4.86. The first kappa shape index (κ1) is 25.7. The van der Waals surface area contributed by atoms with Gasteiger partial charge in [-0.15, -0.1) is 0 Å². The minimum Gasteiger partial charge on any atom is -0.493 e. The van der Waals surface area contributed by atoms with Crippen LogP contribution in [0.4, 0.5) is 0 Å². The van der Waals surface area contributed by atoms with E-state index in [1.807, 2.05) is 55.4 Å². The van der Waals surface area contributed by atoms with Crippen LogP contribution in [0.15, 0.2) is 41.6 Å². The van der Waals surface area contributed by atoms with E-state index in [1.54, 1.807) is 36.7 Å². The van der Waals surface area contributed by atoms with Gasteiger partial charge in [-0.25, -0.2) is 17.4 Å². The van der Waals surface area contributed by atoms with E-state index >= 15 is 0 Å². The van der Waals surface area contributed by atoms with Gasteiger partial charge in [0.2, 0.25) is 0 Å². The number of aromatic nitrogens is 2. The molecule has 1 aliphatic heterocycles. The molecule has 35 heavy (non-hydrogen) atoms. The van der Waals surface area contributed by atoms with E-state index in [-0.39, 0.29) is 10.8 Å². The highest BCUT2D eigenvalue weighted by molar-refractivity contribution is 7.90. The van der Waals surface area contributed by atoms with E-state index in [9.17, 15) is 8.42 Å². The Kier molecular flexibility index (Phi) is 6.57. The lowest BCUT2D eigenvalue weighted by molar-refractivity contribution is 0.00578. The van der Waals surface area contributed by atoms with Crippen LogP contribution in [0, 0.1) is 6.92 Å². The number of benzene rings is 1. The van der Waals surface area contributed by atoms with Crippen molar-refractivity contribution in [3.8, 4) is 5.75 Å². The molecule has 188 valence electrons. The summed E-state index contributed by atoms with van der Waals surface area (Å²) in [6, 6.07) is 6.83. The number of fused-ring (bicyclic) bond motifs is 1. The third-order valence-corrected chi connectivity index (χ3v) is 8.61. The molecule has 0 saturated carbocycles. The fourth-order valence-corrected chi connectivity index (χ4v) is 5.45. The number of hydrogen-bond acceptors (Lipinski definition) is 6. The van der Waals surface area contributed by atoms with Crippen LogP contribution in [0.5, 0.6) is 5.75 Å². The average molecular weight is 498 g/mol. The maximum absolute atomic E-state index is 13.7. The van der Waals surface area contributed by atoms with E-state index < -0.39 is 28.3 Å². The molecular weight excluding hydrogens is 463 g/mol. The maximum atomic E-state index is 13.7. The smallest absolute Gasteiger partial charge is 0.493 e. The normalized spacial score (nSPS) is 17.5. The minimum atomic E-state index is -3.87. The molecule has 4 rings (SSSR count). The summed E-state index contributed by atoms with van der Waals surface area (Å²) in [6.07, 6.45) is 4.09. The molecular formula is C26H35BN2O5S. The minimum absolute atomic E-state index is 0.0336. The number of rotatable bonds is 7. The Morgan fingerprint density at radius 1 is 1.09 bits per heavy atom. The monoisotopic (exact) mass is 498 g/mol. The van der Waals surface area contributed by atoms with E-state index in [4.69, 9.17) is 14.0 Å². The molecule has 9 heteroatoms. The molecule has 1 aliphatic rings. The number of hydrogen-bond donors (Lipinski definition) is 0. The van der Waals surface area contributed by atoms with Gasteiger partial charge in [-0.2, -0.15) is 0 Å². The quantitative estimate of drug-likeness (QED) is 0.436. The van der Waals surface area contributed by atoms with Crippen molar-refractivity contribution in [3.63, 3.8) is 0 Å². The molecule has 1 fully saturated rings. The molecule has 0 aliphatic carbocycles. The van der Waals surface area contributed by atoms with Gasteiger partial charge in [-0.1, -0.05) is 38.5 Å². The third kappa shape index (κ3) is 4.38. The molecule has 3 aromatic rings. The topological polar surface area (TPSA) is 79.7 Å². The van der Waals surface area contributed by atoms with Crippen molar-refractivity contribution in [2.45, 2.75) is 83.8 Å².